The molecule has 0 fully saturated rings. The highest BCUT2D eigenvalue weighted by Gasteiger charge is 2.17. The minimum Gasteiger partial charge on any atom is -0.361 e. The Morgan fingerprint density at radius 3 is 2.70 bits per heavy atom. The van der Waals surface area contributed by atoms with Gasteiger partial charge in [-0.05, 0) is 18.1 Å². The van der Waals surface area contributed by atoms with Gasteiger partial charge in [0, 0.05) is 41.5 Å². The van der Waals surface area contributed by atoms with Crippen molar-refractivity contribution in [2.45, 2.75) is 39.2 Å². The normalized spacial score (nSPS) is 12.1. The van der Waals surface area contributed by atoms with Crippen LogP contribution in [0.3, 0.4) is 0 Å². The van der Waals surface area contributed by atoms with Gasteiger partial charge in [-0.25, -0.2) is 4.98 Å². The van der Waals surface area contributed by atoms with E-state index in [1.807, 2.05) is 0 Å². The summed E-state index contributed by atoms with van der Waals surface area (Å²) in [6, 6.07) is 8.39. The molecule has 0 saturated heterocycles. The molecule has 0 atom stereocenters. The van der Waals surface area contributed by atoms with Crippen molar-refractivity contribution in [2.24, 2.45) is 4.99 Å². The van der Waals surface area contributed by atoms with Crippen molar-refractivity contribution in [2.75, 3.05) is 13.6 Å². The molecule has 0 aliphatic heterocycles. The number of thiazole rings is 1. The smallest absolute Gasteiger partial charge is 0.191 e. The third-order valence-corrected chi connectivity index (χ3v) is 5.16. The van der Waals surface area contributed by atoms with Crippen LogP contribution in [0.2, 0.25) is 0 Å². The molecule has 0 aliphatic rings. The molecule has 0 unspecified atom stereocenters. The van der Waals surface area contributed by atoms with Crippen molar-refractivity contribution in [1.29, 1.82) is 0 Å². The number of fused-ring (bicyclic) bond motifs is 1. The minimum absolute atomic E-state index is 0. The maximum Gasteiger partial charge on any atom is 0.191 e. The van der Waals surface area contributed by atoms with Crippen LogP contribution < -0.4 is 10.6 Å². The first-order valence-electron chi connectivity index (χ1n) is 8.92. The molecular formula is C20H28IN5S. The van der Waals surface area contributed by atoms with Gasteiger partial charge >= 0.3 is 0 Å². The summed E-state index contributed by atoms with van der Waals surface area (Å²) in [5.74, 6) is 0.803. The number of halogens is 1. The van der Waals surface area contributed by atoms with Gasteiger partial charge in [0.2, 0.25) is 0 Å². The number of nitrogens with one attached hydrogen (secondary N) is 3. The largest absolute Gasteiger partial charge is 0.361 e. The Morgan fingerprint density at radius 2 is 2.00 bits per heavy atom. The number of aliphatic imine (C=N–C) groups is 1. The van der Waals surface area contributed by atoms with Gasteiger partial charge in [-0.3, -0.25) is 4.99 Å². The van der Waals surface area contributed by atoms with E-state index in [-0.39, 0.29) is 29.4 Å². The van der Waals surface area contributed by atoms with Crippen LogP contribution in [0, 0.1) is 0 Å². The molecule has 1 aromatic carbocycles. The van der Waals surface area contributed by atoms with Crippen molar-refractivity contribution < 1.29 is 0 Å². The highest BCUT2D eigenvalue weighted by molar-refractivity contribution is 14.0. The summed E-state index contributed by atoms with van der Waals surface area (Å²) in [6.45, 7) is 8.07. The first-order chi connectivity index (χ1) is 12.5. The lowest BCUT2D eigenvalue weighted by atomic mass is 9.93. The van der Waals surface area contributed by atoms with Gasteiger partial charge in [-0.2, -0.15) is 0 Å². The molecule has 2 aromatic heterocycles. The molecule has 3 N–H and O–H groups in total. The molecule has 0 saturated carbocycles. The topological polar surface area (TPSA) is 65.1 Å². The van der Waals surface area contributed by atoms with Gasteiger partial charge in [0.15, 0.2) is 5.96 Å². The molecule has 27 heavy (non-hydrogen) atoms. The molecule has 2 heterocycles. The van der Waals surface area contributed by atoms with Gasteiger partial charge < -0.3 is 15.6 Å². The summed E-state index contributed by atoms with van der Waals surface area (Å²) >= 11 is 1.69. The zero-order chi connectivity index (χ0) is 18.6. The van der Waals surface area contributed by atoms with E-state index < -0.39 is 0 Å². The van der Waals surface area contributed by atoms with Crippen molar-refractivity contribution in [1.82, 2.24) is 20.6 Å². The van der Waals surface area contributed by atoms with Crippen LogP contribution in [0.4, 0.5) is 0 Å². The summed E-state index contributed by atoms with van der Waals surface area (Å²) in [7, 11) is 1.80. The second-order valence-electron chi connectivity index (χ2n) is 7.34. The molecule has 0 aliphatic carbocycles. The van der Waals surface area contributed by atoms with Gasteiger partial charge in [-0.1, -0.05) is 39.0 Å². The van der Waals surface area contributed by atoms with Crippen LogP contribution in [-0.4, -0.2) is 29.5 Å². The van der Waals surface area contributed by atoms with E-state index in [2.05, 4.69) is 77.2 Å². The Balaban J connectivity index is 0.00000261. The number of para-hydroxylation sites is 1. The maximum absolute atomic E-state index is 4.71. The first kappa shape index (κ1) is 21.7. The Labute approximate surface area is 182 Å². The predicted octanol–water partition coefficient (Wildman–Crippen LogP) is 4.45. The van der Waals surface area contributed by atoms with Crippen LogP contribution in [0.15, 0.2) is 40.8 Å². The molecule has 3 aromatic rings. The predicted molar refractivity (Wildman–Crippen MR) is 126 cm³/mol. The number of aromatic amines is 1. The van der Waals surface area contributed by atoms with Crippen LogP contribution >= 0.6 is 35.3 Å². The number of nitrogens with zero attached hydrogens (tertiary/aromatic N) is 2. The fraction of sp³-hybridized carbons (Fsp3) is 0.400. The molecular weight excluding hydrogens is 469 g/mol. The number of rotatable bonds is 5. The zero-order valence-electron chi connectivity index (χ0n) is 16.3. The second kappa shape index (κ2) is 9.54. The molecule has 0 bridgehead atoms. The van der Waals surface area contributed by atoms with Gasteiger partial charge in [0.25, 0.3) is 0 Å². The molecule has 0 amide bonds. The van der Waals surface area contributed by atoms with Gasteiger partial charge in [0.05, 0.1) is 12.2 Å². The van der Waals surface area contributed by atoms with E-state index in [4.69, 9.17) is 4.98 Å². The average molecular weight is 497 g/mol. The Hall–Kier alpha value is -1.61. The molecule has 3 rings (SSSR count). The van der Waals surface area contributed by atoms with Crippen LogP contribution in [0.5, 0.6) is 0 Å². The Bertz CT molecular complexity index is 891. The third-order valence-electron chi connectivity index (χ3n) is 4.31. The van der Waals surface area contributed by atoms with Crippen molar-refractivity contribution in [3.63, 3.8) is 0 Å². The molecule has 5 nitrogen and oxygen atoms in total. The highest BCUT2D eigenvalue weighted by Crippen LogP contribution is 2.23. The van der Waals surface area contributed by atoms with Crippen molar-refractivity contribution in [3.05, 3.63) is 52.1 Å². The average Bonchev–Trinajstić information content (AvgIpc) is 3.25. The highest BCUT2D eigenvalue weighted by atomic mass is 127. The third kappa shape index (κ3) is 5.68. The molecule has 0 radical (unpaired) electrons. The van der Waals surface area contributed by atoms with Gasteiger partial charge in [-0.15, -0.1) is 35.3 Å². The Morgan fingerprint density at radius 1 is 1.22 bits per heavy atom. The lowest BCUT2D eigenvalue weighted by Crippen LogP contribution is -2.37. The fourth-order valence-corrected chi connectivity index (χ4v) is 3.73. The zero-order valence-corrected chi connectivity index (χ0v) is 19.4. The van der Waals surface area contributed by atoms with E-state index in [0.29, 0.717) is 6.54 Å². The SMILES string of the molecule is CN=C(NCCc1c[nH]c2ccccc12)NCc1nc(C(C)(C)C)cs1.I. The number of H-pyrrole nitrogens is 1. The lowest BCUT2D eigenvalue weighted by Gasteiger charge is -2.14. The summed E-state index contributed by atoms with van der Waals surface area (Å²) < 4.78 is 0. The minimum atomic E-state index is 0. The monoisotopic (exact) mass is 497 g/mol. The van der Waals surface area contributed by atoms with E-state index >= 15 is 0 Å². The van der Waals surface area contributed by atoms with E-state index in [0.717, 1.165) is 29.6 Å². The second-order valence-corrected chi connectivity index (χ2v) is 8.28. The van der Waals surface area contributed by atoms with Crippen molar-refractivity contribution >= 4 is 52.2 Å². The number of benzene rings is 1. The van der Waals surface area contributed by atoms with Crippen LogP contribution in [-0.2, 0) is 18.4 Å². The summed E-state index contributed by atoms with van der Waals surface area (Å²) in [5.41, 5.74) is 3.73. The standard InChI is InChI=1S/C20H27N5S.HI/c1-20(2,3)17-13-26-18(25-17)12-24-19(21-4)22-10-9-14-11-23-16-8-6-5-7-15(14)16;/h5-8,11,13,23H,9-10,12H2,1-4H3,(H2,21,22,24);1H. The van der Waals surface area contributed by atoms with Gasteiger partial charge in [0.1, 0.15) is 5.01 Å². The van der Waals surface area contributed by atoms with Crippen LogP contribution in [0.25, 0.3) is 10.9 Å². The van der Waals surface area contributed by atoms with Crippen molar-refractivity contribution in [3.8, 4) is 0 Å². The maximum atomic E-state index is 4.71. The van der Waals surface area contributed by atoms with Crippen LogP contribution in [0.1, 0.15) is 37.0 Å². The summed E-state index contributed by atoms with van der Waals surface area (Å²) in [5, 5.41) is 11.2. The molecule has 7 heteroatoms. The van der Waals surface area contributed by atoms with E-state index in [1.165, 1.54) is 16.5 Å². The van der Waals surface area contributed by atoms with E-state index in [9.17, 15) is 0 Å². The fourth-order valence-electron chi connectivity index (χ4n) is 2.77. The van der Waals surface area contributed by atoms with E-state index in [1.54, 1.807) is 18.4 Å². The summed E-state index contributed by atoms with van der Waals surface area (Å²) in [4.78, 5) is 12.3. The number of aromatic nitrogens is 2. The Kier molecular flexibility index (Phi) is 7.67. The molecule has 146 valence electrons. The quantitative estimate of drug-likeness (QED) is 0.277. The summed E-state index contributed by atoms with van der Waals surface area (Å²) in [6.07, 6.45) is 3.03. The lowest BCUT2D eigenvalue weighted by molar-refractivity contribution is 0.570. The number of guanidine groups is 1. The first-order valence-corrected chi connectivity index (χ1v) is 9.80. The number of hydrogen-bond donors (Lipinski definition) is 3. The number of hydrogen-bond acceptors (Lipinski definition) is 3. The molecule has 0 spiro atoms.